The predicted molar refractivity (Wildman–Crippen MR) is 51.0 cm³/mol. The van der Waals surface area contributed by atoms with E-state index < -0.39 is 0 Å². The molecule has 0 aliphatic rings. The van der Waals surface area contributed by atoms with Crippen LogP contribution in [0.25, 0.3) is 0 Å². The molecule has 0 aromatic rings. The van der Waals surface area contributed by atoms with Crippen LogP contribution in [0.5, 0.6) is 0 Å². The Labute approximate surface area is 74.4 Å². The normalized spacial score (nSPS) is 12.2. The fourth-order valence-corrected chi connectivity index (χ4v) is 0.877. The first kappa shape index (κ1) is 11.2. The molecule has 1 N–H and O–H groups in total. The molecule has 0 aromatic heterocycles. The molecule has 0 fully saturated rings. The minimum atomic E-state index is -0.0973. The molecule has 0 radical (unpaired) electrons. The summed E-state index contributed by atoms with van der Waals surface area (Å²) in [5.74, 6) is 0.110. The van der Waals surface area contributed by atoms with E-state index in [1.807, 2.05) is 13.0 Å². The molecule has 0 saturated heterocycles. The minimum Gasteiger partial charge on any atom is -0.347 e. The van der Waals surface area contributed by atoms with Gasteiger partial charge in [-0.25, -0.2) is 0 Å². The quantitative estimate of drug-likeness (QED) is 0.485. The molecule has 1 amide bonds. The lowest BCUT2D eigenvalue weighted by Crippen LogP contribution is -2.41. The lowest BCUT2D eigenvalue weighted by atomic mass is 10.3. The minimum absolute atomic E-state index is 0.0973. The first-order valence-corrected chi connectivity index (χ1v) is 4.15. The van der Waals surface area contributed by atoms with Crippen molar-refractivity contribution < 1.29 is 4.79 Å². The predicted octanol–water partition coefficient (Wildman–Crippen LogP) is 0.629. The molecular weight excluding hydrogens is 152 g/mol. The smallest absolute Gasteiger partial charge is 0.238 e. The molecule has 70 valence electrons. The van der Waals surface area contributed by atoms with E-state index >= 15 is 0 Å². The molecule has 0 aromatic carbocycles. The Hall–Kier alpha value is -0.830. The van der Waals surface area contributed by atoms with Gasteiger partial charge in [0.1, 0.15) is 0 Å². The zero-order valence-corrected chi connectivity index (χ0v) is 8.13. The van der Waals surface area contributed by atoms with Crippen molar-refractivity contribution in [2.75, 3.05) is 20.6 Å². The lowest BCUT2D eigenvalue weighted by molar-refractivity contribution is -0.130. The number of hydrogen-bond acceptors (Lipinski definition) is 2. The first-order chi connectivity index (χ1) is 5.59. The summed E-state index contributed by atoms with van der Waals surface area (Å²) in [4.78, 5) is 12.9. The molecule has 3 heteroatoms. The lowest BCUT2D eigenvalue weighted by Gasteiger charge is -2.17. The summed E-state index contributed by atoms with van der Waals surface area (Å²) < 4.78 is 0. The van der Waals surface area contributed by atoms with Crippen LogP contribution < -0.4 is 5.32 Å². The molecule has 12 heavy (non-hydrogen) atoms. The maximum atomic E-state index is 11.3. The average Bonchev–Trinajstić information content (AvgIpc) is 2.03. The van der Waals surface area contributed by atoms with E-state index in [9.17, 15) is 4.79 Å². The highest BCUT2D eigenvalue weighted by Crippen LogP contribution is 1.88. The molecule has 1 atom stereocenters. The summed E-state index contributed by atoms with van der Waals surface area (Å²) in [6.45, 7) is 6.28. The summed E-state index contributed by atoms with van der Waals surface area (Å²) in [5, 5.41) is 3.10. The van der Waals surface area contributed by atoms with E-state index in [-0.39, 0.29) is 11.9 Å². The standard InChI is InChI=1S/C9H18N2O/c1-5-6-7-10-8(2)9(12)11(3)4/h5,8,10H,1,6-7H2,2-4H3. The van der Waals surface area contributed by atoms with Gasteiger partial charge >= 0.3 is 0 Å². The van der Waals surface area contributed by atoms with E-state index in [1.54, 1.807) is 19.0 Å². The monoisotopic (exact) mass is 170 g/mol. The summed E-state index contributed by atoms with van der Waals surface area (Å²) in [5.41, 5.74) is 0. The Morgan fingerprint density at radius 2 is 2.25 bits per heavy atom. The fourth-order valence-electron chi connectivity index (χ4n) is 0.877. The van der Waals surface area contributed by atoms with Crippen LogP contribution in [0.2, 0.25) is 0 Å². The van der Waals surface area contributed by atoms with Crippen LogP contribution in [0.4, 0.5) is 0 Å². The third kappa shape index (κ3) is 4.13. The Balaban J connectivity index is 3.64. The van der Waals surface area contributed by atoms with Gasteiger partial charge in [0.25, 0.3) is 0 Å². The number of nitrogens with zero attached hydrogens (tertiary/aromatic N) is 1. The van der Waals surface area contributed by atoms with Gasteiger partial charge in [0.2, 0.25) is 5.91 Å². The number of carbonyl (C=O) groups excluding carboxylic acids is 1. The van der Waals surface area contributed by atoms with Gasteiger partial charge in [-0.3, -0.25) is 4.79 Å². The maximum Gasteiger partial charge on any atom is 0.238 e. The SMILES string of the molecule is C=CCCNC(C)C(=O)N(C)C. The number of rotatable bonds is 5. The largest absolute Gasteiger partial charge is 0.347 e. The summed E-state index contributed by atoms with van der Waals surface area (Å²) >= 11 is 0. The van der Waals surface area contributed by atoms with Crippen LogP contribution in [-0.4, -0.2) is 37.5 Å². The molecule has 0 aliphatic carbocycles. The van der Waals surface area contributed by atoms with Gasteiger partial charge < -0.3 is 10.2 Å². The Bertz CT molecular complexity index is 155. The van der Waals surface area contributed by atoms with Crippen molar-refractivity contribution in [2.45, 2.75) is 19.4 Å². The number of hydrogen-bond donors (Lipinski definition) is 1. The molecule has 0 rings (SSSR count). The summed E-state index contributed by atoms with van der Waals surface area (Å²) in [7, 11) is 3.52. The molecular formula is C9H18N2O. The summed E-state index contributed by atoms with van der Waals surface area (Å²) in [6.07, 6.45) is 2.73. The second kappa shape index (κ2) is 5.77. The second-order valence-corrected chi connectivity index (χ2v) is 2.99. The van der Waals surface area contributed by atoms with E-state index in [0.717, 1.165) is 13.0 Å². The van der Waals surface area contributed by atoms with Gasteiger partial charge in [-0.15, -0.1) is 6.58 Å². The van der Waals surface area contributed by atoms with E-state index in [2.05, 4.69) is 11.9 Å². The zero-order valence-electron chi connectivity index (χ0n) is 8.13. The van der Waals surface area contributed by atoms with Crippen molar-refractivity contribution in [3.05, 3.63) is 12.7 Å². The van der Waals surface area contributed by atoms with Crippen molar-refractivity contribution in [2.24, 2.45) is 0 Å². The maximum absolute atomic E-state index is 11.3. The van der Waals surface area contributed by atoms with Gasteiger partial charge in [0.15, 0.2) is 0 Å². The first-order valence-electron chi connectivity index (χ1n) is 4.15. The highest BCUT2D eigenvalue weighted by molar-refractivity contribution is 5.80. The van der Waals surface area contributed by atoms with Crippen LogP contribution >= 0.6 is 0 Å². The van der Waals surface area contributed by atoms with Crippen molar-refractivity contribution in [3.8, 4) is 0 Å². The van der Waals surface area contributed by atoms with Crippen LogP contribution in [0.15, 0.2) is 12.7 Å². The number of likely N-dealkylation sites (N-methyl/N-ethyl adjacent to an activating group) is 1. The molecule has 0 bridgehead atoms. The molecule has 0 saturated carbocycles. The molecule has 0 spiro atoms. The van der Waals surface area contributed by atoms with Crippen molar-refractivity contribution in [1.29, 1.82) is 0 Å². The van der Waals surface area contributed by atoms with Gasteiger partial charge in [-0.1, -0.05) is 6.08 Å². The number of nitrogens with one attached hydrogen (secondary N) is 1. The van der Waals surface area contributed by atoms with Crippen molar-refractivity contribution >= 4 is 5.91 Å². The van der Waals surface area contributed by atoms with Crippen LogP contribution in [0.3, 0.4) is 0 Å². The molecule has 0 heterocycles. The van der Waals surface area contributed by atoms with E-state index in [1.165, 1.54) is 0 Å². The fraction of sp³-hybridized carbons (Fsp3) is 0.667. The number of amides is 1. The molecule has 1 unspecified atom stereocenters. The van der Waals surface area contributed by atoms with Crippen LogP contribution in [-0.2, 0) is 4.79 Å². The zero-order chi connectivity index (χ0) is 9.56. The van der Waals surface area contributed by atoms with Crippen LogP contribution in [0, 0.1) is 0 Å². The van der Waals surface area contributed by atoms with Gasteiger partial charge in [0, 0.05) is 14.1 Å². The molecule has 3 nitrogen and oxygen atoms in total. The van der Waals surface area contributed by atoms with E-state index in [4.69, 9.17) is 0 Å². The topological polar surface area (TPSA) is 32.3 Å². The average molecular weight is 170 g/mol. The molecule has 0 aliphatic heterocycles. The van der Waals surface area contributed by atoms with Crippen molar-refractivity contribution in [1.82, 2.24) is 10.2 Å². The van der Waals surface area contributed by atoms with Gasteiger partial charge in [-0.05, 0) is 19.9 Å². The summed E-state index contributed by atoms with van der Waals surface area (Å²) in [6, 6.07) is -0.0973. The Kier molecular flexibility index (Phi) is 5.37. The third-order valence-corrected chi connectivity index (χ3v) is 1.61. The van der Waals surface area contributed by atoms with Gasteiger partial charge in [0.05, 0.1) is 6.04 Å². The van der Waals surface area contributed by atoms with Crippen LogP contribution in [0.1, 0.15) is 13.3 Å². The highest BCUT2D eigenvalue weighted by Gasteiger charge is 2.12. The third-order valence-electron chi connectivity index (χ3n) is 1.61. The Morgan fingerprint density at radius 1 is 1.67 bits per heavy atom. The van der Waals surface area contributed by atoms with Gasteiger partial charge in [-0.2, -0.15) is 0 Å². The second-order valence-electron chi connectivity index (χ2n) is 2.99. The number of carbonyl (C=O) groups is 1. The van der Waals surface area contributed by atoms with E-state index in [0.29, 0.717) is 0 Å². The van der Waals surface area contributed by atoms with Crippen molar-refractivity contribution in [3.63, 3.8) is 0 Å². The highest BCUT2D eigenvalue weighted by atomic mass is 16.2. The Morgan fingerprint density at radius 3 is 2.67 bits per heavy atom.